The first-order chi connectivity index (χ1) is 12.8. The lowest BCUT2D eigenvalue weighted by atomic mass is 9.98. The molecule has 4 rings (SSSR count). The number of nitrogens with zero attached hydrogens (tertiary/aromatic N) is 2. The minimum Gasteiger partial charge on any atom is -0.463 e. The molecule has 0 saturated carbocycles. The minimum absolute atomic E-state index is 0.330. The number of carbonyl (C=O) groups excluding carboxylic acids is 1. The second-order valence-corrected chi connectivity index (χ2v) is 6.00. The smallest absolute Gasteiger partial charge is 0.338 e. The molecule has 26 heavy (non-hydrogen) atoms. The number of fused-ring (bicyclic) bond motifs is 1. The third kappa shape index (κ3) is 2.88. The second-order valence-electron chi connectivity index (χ2n) is 6.00. The van der Waals surface area contributed by atoms with Gasteiger partial charge in [0, 0.05) is 17.8 Å². The molecule has 1 N–H and O–H groups in total. The van der Waals surface area contributed by atoms with Crippen molar-refractivity contribution in [2.75, 3.05) is 11.9 Å². The fourth-order valence-corrected chi connectivity index (χ4v) is 3.15. The molecule has 5 heteroatoms. The highest BCUT2D eigenvalue weighted by molar-refractivity contribution is 5.91. The van der Waals surface area contributed by atoms with Gasteiger partial charge in [-0.25, -0.2) is 9.48 Å². The number of anilines is 1. The number of carbonyl (C=O) groups is 1. The van der Waals surface area contributed by atoms with Gasteiger partial charge in [0.25, 0.3) is 0 Å². The first kappa shape index (κ1) is 16.1. The van der Waals surface area contributed by atoms with Crippen molar-refractivity contribution in [3.63, 3.8) is 0 Å². The number of rotatable bonds is 4. The Hall–Kier alpha value is -3.34. The highest BCUT2D eigenvalue weighted by Crippen LogP contribution is 2.35. The number of nitrogens with one attached hydrogen (secondary N) is 1. The summed E-state index contributed by atoms with van der Waals surface area (Å²) in [4.78, 5) is 12.5. The van der Waals surface area contributed by atoms with E-state index in [0.717, 1.165) is 22.6 Å². The van der Waals surface area contributed by atoms with Crippen LogP contribution in [0.25, 0.3) is 11.3 Å². The largest absolute Gasteiger partial charge is 0.463 e. The van der Waals surface area contributed by atoms with Crippen LogP contribution in [0.3, 0.4) is 0 Å². The van der Waals surface area contributed by atoms with E-state index in [1.165, 1.54) is 0 Å². The van der Waals surface area contributed by atoms with Gasteiger partial charge in [-0.2, -0.15) is 5.10 Å². The van der Waals surface area contributed by atoms with Crippen LogP contribution in [-0.4, -0.2) is 22.4 Å². The van der Waals surface area contributed by atoms with Gasteiger partial charge >= 0.3 is 5.97 Å². The van der Waals surface area contributed by atoms with E-state index in [9.17, 15) is 4.79 Å². The van der Waals surface area contributed by atoms with Crippen LogP contribution in [-0.2, 0) is 9.53 Å². The van der Waals surface area contributed by atoms with Crippen LogP contribution in [0.15, 0.2) is 78.5 Å². The molecule has 0 amide bonds. The molecule has 1 aliphatic rings. The first-order valence-electron chi connectivity index (χ1n) is 8.61. The zero-order valence-electron chi connectivity index (χ0n) is 14.4. The predicted octanol–water partition coefficient (Wildman–Crippen LogP) is 4.01. The van der Waals surface area contributed by atoms with Crippen LogP contribution in [0.4, 0.5) is 5.82 Å². The highest BCUT2D eigenvalue weighted by atomic mass is 16.5. The summed E-state index contributed by atoms with van der Waals surface area (Å²) >= 11 is 0. The Bertz CT molecular complexity index is 946. The number of hydrogen-bond donors (Lipinski definition) is 1. The van der Waals surface area contributed by atoms with Crippen LogP contribution >= 0.6 is 0 Å². The molecule has 0 bridgehead atoms. The summed E-state index contributed by atoms with van der Waals surface area (Å²) in [5.41, 5.74) is 3.40. The maximum absolute atomic E-state index is 12.5. The Kier molecular flexibility index (Phi) is 4.27. The highest BCUT2D eigenvalue weighted by Gasteiger charge is 2.31. The molecule has 0 aliphatic carbocycles. The molecule has 0 saturated heterocycles. The topological polar surface area (TPSA) is 56.1 Å². The van der Waals surface area contributed by atoms with E-state index in [2.05, 4.69) is 5.32 Å². The van der Waals surface area contributed by atoms with Gasteiger partial charge in [0.2, 0.25) is 0 Å². The molecule has 0 radical (unpaired) electrons. The van der Waals surface area contributed by atoms with Gasteiger partial charge in [-0.3, -0.25) is 0 Å². The monoisotopic (exact) mass is 345 g/mol. The van der Waals surface area contributed by atoms with E-state index in [4.69, 9.17) is 9.84 Å². The third-order valence-electron chi connectivity index (χ3n) is 4.35. The summed E-state index contributed by atoms with van der Waals surface area (Å²) in [6, 6.07) is 21.5. The van der Waals surface area contributed by atoms with Crippen molar-refractivity contribution in [2.45, 2.75) is 13.0 Å². The number of aromatic nitrogens is 2. The lowest BCUT2D eigenvalue weighted by Crippen LogP contribution is -2.26. The van der Waals surface area contributed by atoms with Crippen molar-refractivity contribution in [3.8, 4) is 11.3 Å². The van der Waals surface area contributed by atoms with Gasteiger partial charge in [0.1, 0.15) is 11.9 Å². The fraction of sp³-hybridized carbons (Fsp3) is 0.143. The van der Waals surface area contributed by atoms with E-state index in [1.807, 2.05) is 71.4 Å². The predicted molar refractivity (Wildman–Crippen MR) is 101 cm³/mol. The van der Waals surface area contributed by atoms with E-state index < -0.39 is 0 Å². The summed E-state index contributed by atoms with van der Waals surface area (Å²) in [7, 11) is 0. The summed E-state index contributed by atoms with van der Waals surface area (Å²) in [6.45, 7) is 2.14. The van der Waals surface area contributed by atoms with E-state index in [1.54, 1.807) is 13.1 Å². The molecular weight excluding hydrogens is 326 g/mol. The van der Waals surface area contributed by atoms with E-state index in [-0.39, 0.29) is 12.0 Å². The molecular formula is C21H19N3O2. The normalized spacial score (nSPS) is 15.6. The van der Waals surface area contributed by atoms with Gasteiger partial charge in [0.05, 0.1) is 17.9 Å². The first-order valence-corrected chi connectivity index (χ1v) is 8.61. The number of ether oxygens (including phenoxy) is 1. The summed E-state index contributed by atoms with van der Waals surface area (Å²) in [5, 5.41) is 7.96. The number of esters is 1. The van der Waals surface area contributed by atoms with Crippen molar-refractivity contribution in [3.05, 3.63) is 84.1 Å². The standard InChI is InChI=1S/C21H19N3O2/c1-2-26-21(25)17-14-22-19-13-18(15-9-5-3-6-10-15)23-24(19)20(17)16-11-7-4-8-12-16/h3-14,20,22H,2H2,1H3/t20-/m1/s1. The number of hydrogen-bond acceptors (Lipinski definition) is 4. The summed E-state index contributed by atoms with van der Waals surface area (Å²) in [6.07, 6.45) is 1.72. The van der Waals surface area contributed by atoms with Gasteiger partial charge in [-0.1, -0.05) is 60.7 Å². The average molecular weight is 345 g/mol. The Morgan fingerprint density at radius 3 is 2.50 bits per heavy atom. The van der Waals surface area contributed by atoms with E-state index in [0.29, 0.717) is 12.2 Å². The third-order valence-corrected chi connectivity index (χ3v) is 4.35. The van der Waals surface area contributed by atoms with Crippen molar-refractivity contribution in [1.29, 1.82) is 0 Å². The quantitative estimate of drug-likeness (QED) is 0.726. The Balaban J connectivity index is 1.81. The van der Waals surface area contributed by atoms with Crippen LogP contribution in [0, 0.1) is 0 Å². The van der Waals surface area contributed by atoms with Crippen LogP contribution in [0.2, 0.25) is 0 Å². The van der Waals surface area contributed by atoms with Crippen molar-refractivity contribution in [1.82, 2.24) is 9.78 Å². The van der Waals surface area contributed by atoms with Gasteiger partial charge in [0.15, 0.2) is 0 Å². The fourth-order valence-electron chi connectivity index (χ4n) is 3.15. The second kappa shape index (κ2) is 6.88. The van der Waals surface area contributed by atoms with Crippen LogP contribution in [0.5, 0.6) is 0 Å². The Morgan fingerprint density at radius 2 is 1.81 bits per heavy atom. The molecule has 5 nitrogen and oxygen atoms in total. The molecule has 2 aromatic carbocycles. The molecule has 0 unspecified atom stereocenters. The maximum Gasteiger partial charge on any atom is 0.338 e. The van der Waals surface area contributed by atoms with Crippen molar-refractivity contribution >= 4 is 11.8 Å². The molecule has 1 aromatic heterocycles. The lowest BCUT2D eigenvalue weighted by Gasteiger charge is -2.26. The molecule has 0 spiro atoms. The van der Waals surface area contributed by atoms with Crippen LogP contribution < -0.4 is 5.32 Å². The molecule has 130 valence electrons. The maximum atomic E-state index is 12.5. The molecule has 1 atom stereocenters. The molecule has 0 fully saturated rings. The summed E-state index contributed by atoms with van der Waals surface area (Å²) < 4.78 is 7.10. The number of benzene rings is 2. The van der Waals surface area contributed by atoms with Crippen molar-refractivity contribution in [2.24, 2.45) is 0 Å². The summed E-state index contributed by atoms with van der Waals surface area (Å²) in [5.74, 6) is 0.502. The van der Waals surface area contributed by atoms with Gasteiger partial charge < -0.3 is 10.1 Å². The van der Waals surface area contributed by atoms with Crippen molar-refractivity contribution < 1.29 is 9.53 Å². The molecule has 1 aliphatic heterocycles. The van der Waals surface area contributed by atoms with Gasteiger partial charge in [-0.05, 0) is 12.5 Å². The zero-order valence-corrected chi connectivity index (χ0v) is 14.4. The SMILES string of the molecule is CCOC(=O)C1=CNc2cc(-c3ccccc3)nn2[C@@H]1c1ccccc1. The van der Waals surface area contributed by atoms with Crippen LogP contribution in [0.1, 0.15) is 18.5 Å². The lowest BCUT2D eigenvalue weighted by molar-refractivity contribution is -0.139. The Morgan fingerprint density at radius 1 is 1.12 bits per heavy atom. The van der Waals surface area contributed by atoms with E-state index >= 15 is 0 Å². The molecule has 2 heterocycles. The van der Waals surface area contributed by atoms with Gasteiger partial charge in [-0.15, -0.1) is 0 Å². The Labute approximate surface area is 151 Å². The average Bonchev–Trinajstić information content (AvgIpc) is 3.13. The minimum atomic E-state index is -0.337. The molecule has 3 aromatic rings. The zero-order chi connectivity index (χ0) is 17.9.